The first kappa shape index (κ1) is 11.5. The van der Waals surface area contributed by atoms with Crippen LogP contribution in [0.5, 0.6) is 0 Å². The quantitative estimate of drug-likeness (QED) is 0.696. The van der Waals surface area contributed by atoms with E-state index in [0.29, 0.717) is 0 Å². The molecule has 1 aromatic rings. The Kier molecular flexibility index (Phi) is 3.97. The second-order valence-corrected chi connectivity index (χ2v) is 3.94. The predicted octanol–water partition coefficient (Wildman–Crippen LogP) is 2.76. The maximum absolute atomic E-state index is 3.47. The van der Waals surface area contributed by atoms with Crippen molar-refractivity contribution in [2.24, 2.45) is 0 Å². The van der Waals surface area contributed by atoms with E-state index in [1.165, 1.54) is 29.5 Å². The van der Waals surface area contributed by atoms with Crippen LogP contribution in [0.25, 0.3) is 0 Å². The molecule has 0 spiro atoms. The topological polar surface area (TPSA) is 12.0 Å². The molecular formula is C12H18ClN. The van der Waals surface area contributed by atoms with E-state index in [1.54, 1.807) is 5.56 Å². The summed E-state index contributed by atoms with van der Waals surface area (Å²) in [5.74, 6) is 0. The summed E-state index contributed by atoms with van der Waals surface area (Å²) >= 11 is 0. The van der Waals surface area contributed by atoms with Crippen molar-refractivity contribution in [3.05, 3.63) is 34.4 Å². The van der Waals surface area contributed by atoms with Crippen LogP contribution < -0.4 is 5.32 Å². The van der Waals surface area contributed by atoms with E-state index in [9.17, 15) is 0 Å². The predicted molar refractivity (Wildman–Crippen MR) is 63.2 cm³/mol. The number of hydrogen-bond donors (Lipinski definition) is 1. The highest BCUT2D eigenvalue weighted by Crippen LogP contribution is 2.21. The second-order valence-electron chi connectivity index (χ2n) is 3.94. The molecule has 14 heavy (non-hydrogen) atoms. The molecule has 0 fully saturated rings. The summed E-state index contributed by atoms with van der Waals surface area (Å²) in [5, 5.41) is 3.47. The lowest BCUT2D eigenvalue weighted by Crippen LogP contribution is -2.12. The van der Waals surface area contributed by atoms with E-state index in [-0.39, 0.29) is 12.4 Å². The lowest BCUT2D eigenvalue weighted by atomic mass is 9.95. The van der Waals surface area contributed by atoms with Crippen LogP contribution in [0.1, 0.15) is 28.7 Å². The summed E-state index contributed by atoms with van der Waals surface area (Å²) in [6.07, 6.45) is 2.52. The zero-order chi connectivity index (χ0) is 9.26. The van der Waals surface area contributed by atoms with Gasteiger partial charge in [-0.25, -0.2) is 0 Å². The van der Waals surface area contributed by atoms with Crippen LogP contribution in [0.3, 0.4) is 0 Å². The van der Waals surface area contributed by atoms with Gasteiger partial charge < -0.3 is 5.32 Å². The molecule has 0 atom stereocenters. The van der Waals surface area contributed by atoms with E-state index < -0.39 is 0 Å². The van der Waals surface area contributed by atoms with Gasteiger partial charge >= 0.3 is 0 Å². The number of hydrogen-bond acceptors (Lipinski definition) is 1. The highest BCUT2D eigenvalue weighted by molar-refractivity contribution is 5.85. The van der Waals surface area contributed by atoms with Crippen molar-refractivity contribution in [2.45, 2.75) is 33.2 Å². The van der Waals surface area contributed by atoms with Gasteiger partial charge in [0.1, 0.15) is 0 Å². The molecule has 2 rings (SSSR count). The second kappa shape index (κ2) is 4.81. The van der Waals surface area contributed by atoms with E-state index in [2.05, 4.69) is 31.3 Å². The van der Waals surface area contributed by atoms with Gasteiger partial charge in [0.05, 0.1) is 0 Å². The summed E-state index contributed by atoms with van der Waals surface area (Å²) < 4.78 is 0. The highest BCUT2D eigenvalue weighted by atomic mass is 35.5. The molecule has 1 heterocycles. The molecule has 0 radical (unpaired) electrons. The molecule has 0 saturated carbocycles. The van der Waals surface area contributed by atoms with Crippen LogP contribution in [-0.2, 0) is 13.0 Å². The lowest BCUT2D eigenvalue weighted by molar-refractivity contribution is 0.679. The fourth-order valence-electron chi connectivity index (χ4n) is 2.12. The molecule has 0 bridgehead atoms. The summed E-state index contributed by atoms with van der Waals surface area (Å²) in [5.41, 5.74) is 6.03. The maximum atomic E-state index is 3.47. The Balaban J connectivity index is 0.000000980. The van der Waals surface area contributed by atoms with Gasteiger partial charge in [0.15, 0.2) is 0 Å². The monoisotopic (exact) mass is 211 g/mol. The highest BCUT2D eigenvalue weighted by Gasteiger charge is 2.11. The molecule has 0 aliphatic carbocycles. The summed E-state index contributed by atoms with van der Waals surface area (Å²) in [6, 6.07) is 4.49. The van der Waals surface area contributed by atoms with Gasteiger partial charge in [-0.05, 0) is 55.5 Å². The molecule has 78 valence electrons. The molecule has 1 aliphatic heterocycles. The van der Waals surface area contributed by atoms with Crippen LogP contribution in [0.15, 0.2) is 12.1 Å². The maximum Gasteiger partial charge on any atom is 0.0210 e. The van der Waals surface area contributed by atoms with Crippen molar-refractivity contribution in [3.8, 4) is 0 Å². The normalized spacial score (nSPS) is 15.3. The SMILES string of the molecule is Cc1ccc(C)c2c1CCCNC2.Cl. The molecule has 0 saturated heterocycles. The molecule has 1 aliphatic rings. The Labute approximate surface area is 92.3 Å². The van der Waals surface area contributed by atoms with Crippen molar-refractivity contribution >= 4 is 12.4 Å². The van der Waals surface area contributed by atoms with Gasteiger partial charge in [0.25, 0.3) is 0 Å². The molecule has 0 amide bonds. The molecule has 0 unspecified atom stereocenters. The third kappa shape index (κ3) is 2.10. The molecule has 0 aromatic heterocycles. The van der Waals surface area contributed by atoms with Gasteiger partial charge in [0, 0.05) is 6.54 Å². The van der Waals surface area contributed by atoms with Crippen LogP contribution in [0, 0.1) is 13.8 Å². The standard InChI is InChI=1S/C12H17N.ClH/c1-9-5-6-10(2)12-8-13-7-3-4-11(9)12;/h5-6,13H,3-4,7-8H2,1-2H3;1H. The van der Waals surface area contributed by atoms with Crippen molar-refractivity contribution < 1.29 is 0 Å². The molecule has 1 N–H and O–H groups in total. The number of benzene rings is 1. The van der Waals surface area contributed by atoms with Crippen molar-refractivity contribution in [3.63, 3.8) is 0 Å². The smallest absolute Gasteiger partial charge is 0.0210 e. The van der Waals surface area contributed by atoms with Crippen molar-refractivity contribution in [1.29, 1.82) is 0 Å². The van der Waals surface area contributed by atoms with Gasteiger partial charge in [-0.2, -0.15) is 0 Å². The average molecular weight is 212 g/mol. The first-order valence-corrected chi connectivity index (χ1v) is 5.07. The fraction of sp³-hybridized carbons (Fsp3) is 0.500. The van der Waals surface area contributed by atoms with E-state index >= 15 is 0 Å². The Morgan fingerprint density at radius 2 is 1.71 bits per heavy atom. The van der Waals surface area contributed by atoms with Crippen LogP contribution in [0.4, 0.5) is 0 Å². The lowest BCUT2D eigenvalue weighted by Gasteiger charge is -2.11. The Morgan fingerprint density at radius 3 is 2.43 bits per heavy atom. The fourth-order valence-corrected chi connectivity index (χ4v) is 2.12. The number of rotatable bonds is 0. The van der Waals surface area contributed by atoms with E-state index in [4.69, 9.17) is 0 Å². The molecule has 1 nitrogen and oxygen atoms in total. The van der Waals surface area contributed by atoms with Crippen molar-refractivity contribution in [2.75, 3.05) is 6.54 Å². The first-order chi connectivity index (χ1) is 6.29. The molecule has 1 aromatic carbocycles. The van der Waals surface area contributed by atoms with E-state index in [1.807, 2.05) is 0 Å². The summed E-state index contributed by atoms with van der Waals surface area (Å²) in [6.45, 7) is 6.66. The van der Waals surface area contributed by atoms with Crippen LogP contribution in [-0.4, -0.2) is 6.54 Å². The third-order valence-electron chi connectivity index (χ3n) is 2.98. The van der Waals surface area contributed by atoms with Gasteiger partial charge in [-0.15, -0.1) is 12.4 Å². The van der Waals surface area contributed by atoms with Crippen molar-refractivity contribution in [1.82, 2.24) is 5.32 Å². The summed E-state index contributed by atoms with van der Waals surface area (Å²) in [7, 11) is 0. The Bertz CT molecular complexity index is 289. The number of halogens is 1. The minimum atomic E-state index is 0. The number of aryl methyl sites for hydroxylation is 2. The third-order valence-corrected chi connectivity index (χ3v) is 2.98. The number of fused-ring (bicyclic) bond motifs is 1. The minimum Gasteiger partial charge on any atom is -0.313 e. The Morgan fingerprint density at radius 1 is 1.07 bits per heavy atom. The molecule has 2 heteroatoms. The first-order valence-electron chi connectivity index (χ1n) is 5.07. The van der Waals surface area contributed by atoms with Gasteiger partial charge in [0.2, 0.25) is 0 Å². The zero-order valence-corrected chi connectivity index (χ0v) is 9.71. The van der Waals surface area contributed by atoms with Crippen LogP contribution >= 0.6 is 12.4 Å². The average Bonchev–Trinajstić information content (AvgIpc) is 2.37. The summed E-state index contributed by atoms with van der Waals surface area (Å²) in [4.78, 5) is 0. The van der Waals surface area contributed by atoms with Gasteiger partial charge in [-0.3, -0.25) is 0 Å². The van der Waals surface area contributed by atoms with E-state index in [0.717, 1.165) is 13.1 Å². The zero-order valence-electron chi connectivity index (χ0n) is 8.89. The largest absolute Gasteiger partial charge is 0.313 e. The van der Waals surface area contributed by atoms with Gasteiger partial charge in [-0.1, -0.05) is 12.1 Å². The van der Waals surface area contributed by atoms with Crippen LogP contribution in [0.2, 0.25) is 0 Å². The number of nitrogens with one attached hydrogen (secondary N) is 1. The minimum absolute atomic E-state index is 0. The Hall–Kier alpha value is -0.530. The molecular weight excluding hydrogens is 194 g/mol.